The van der Waals surface area contributed by atoms with Crippen LogP contribution in [-0.4, -0.2) is 41.5 Å². The summed E-state index contributed by atoms with van der Waals surface area (Å²) in [5.41, 5.74) is 0. The van der Waals surface area contributed by atoms with E-state index in [1.165, 1.54) is 0 Å². The first-order chi connectivity index (χ1) is 4.06. The average molecular weight is 219 g/mol. The molecule has 4 nitrogen and oxygen atoms in total. The van der Waals surface area contributed by atoms with Crippen LogP contribution in [0.1, 0.15) is 6.42 Å². The van der Waals surface area contributed by atoms with Crippen LogP contribution in [0.2, 0.25) is 0 Å². The number of rotatable bonds is 4. The first kappa shape index (κ1) is 9.55. The van der Waals surface area contributed by atoms with Gasteiger partial charge in [0.1, 0.15) is 0 Å². The molecule has 0 bridgehead atoms. The van der Waals surface area contributed by atoms with E-state index in [9.17, 15) is 4.21 Å². The molecule has 0 fully saturated rings. The van der Waals surface area contributed by atoms with Crippen LogP contribution in [0.3, 0.4) is 0 Å². The van der Waals surface area contributed by atoms with E-state index in [0.717, 1.165) is 0 Å². The van der Waals surface area contributed by atoms with Crippen molar-refractivity contribution in [1.29, 1.82) is 0 Å². The van der Waals surface area contributed by atoms with E-state index < -0.39 is 8.42 Å². The Morgan fingerprint density at radius 1 is 1.67 bits per heavy atom. The van der Waals surface area contributed by atoms with Gasteiger partial charge in [-0.3, -0.25) is 0 Å². The predicted molar refractivity (Wildman–Crippen MR) is 34.2 cm³/mol. The molecule has 0 aromatic rings. The van der Waals surface area contributed by atoms with Crippen molar-refractivity contribution in [2.45, 2.75) is 6.42 Å². The first-order valence-electron chi connectivity index (χ1n) is 2.29. The molecule has 0 aliphatic heterocycles. The minimum atomic E-state index is -3.18. The number of aliphatic hydroxyl groups is 1. The van der Waals surface area contributed by atoms with Gasteiger partial charge in [-0.15, -0.1) is 0 Å². The number of hydrogen-bond donors (Lipinski definition) is 2. The fraction of sp³-hybridized carbons (Fsp3) is 1.00. The van der Waals surface area contributed by atoms with Crippen LogP contribution in [0.5, 0.6) is 0 Å². The molecule has 1 atom stereocenters. The fourth-order valence-electron chi connectivity index (χ4n) is 0.229. The van der Waals surface area contributed by atoms with Gasteiger partial charge >= 0.3 is 60.5 Å². The van der Waals surface area contributed by atoms with E-state index in [1.54, 1.807) is 0 Å². The molecule has 0 aliphatic rings. The molecule has 0 heterocycles. The summed E-state index contributed by atoms with van der Waals surface area (Å²) >= 11 is 1.95. The molecule has 0 saturated heterocycles. The van der Waals surface area contributed by atoms with Crippen molar-refractivity contribution < 1.29 is 18.1 Å². The summed E-state index contributed by atoms with van der Waals surface area (Å²) in [4.78, 5) is 0. The molecule has 0 spiro atoms. The van der Waals surface area contributed by atoms with Gasteiger partial charge in [0, 0.05) is 0 Å². The van der Waals surface area contributed by atoms with Crippen molar-refractivity contribution in [3.63, 3.8) is 0 Å². The van der Waals surface area contributed by atoms with Crippen molar-refractivity contribution >= 4 is 22.8 Å². The van der Waals surface area contributed by atoms with E-state index in [4.69, 9.17) is 9.66 Å². The van der Waals surface area contributed by atoms with Crippen LogP contribution in [0, 0.1) is 0 Å². The zero-order valence-electron chi connectivity index (χ0n) is 4.65. The number of hydrogen-bond acceptors (Lipinski definition) is 3. The Balaban J connectivity index is 3.30. The van der Waals surface area contributed by atoms with E-state index in [1.807, 2.05) is 14.4 Å². The normalized spacial score (nSPS) is 17.1. The van der Waals surface area contributed by atoms with E-state index in [-0.39, 0.29) is 13.2 Å². The van der Waals surface area contributed by atoms with Crippen molar-refractivity contribution in [2.24, 2.45) is 0 Å². The zero-order chi connectivity index (χ0) is 7.33. The fourth-order valence-corrected chi connectivity index (χ4v) is 0.986. The Hall–Kier alpha value is 0.549. The second-order valence-electron chi connectivity index (χ2n) is 1.33. The average Bonchev–Trinajstić information content (AvgIpc) is 1.63. The molecule has 2 N–H and O–H groups in total. The SMILES string of the molecule is O=S(O)(=[Se])OCCCO. The van der Waals surface area contributed by atoms with Gasteiger partial charge in [-0.1, -0.05) is 0 Å². The third-order valence-corrected chi connectivity index (χ3v) is 1.60. The monoisotopic (exact) mass is 220 g/mol. The maximum atomic E-state index is 10.3. The Morgan fingerprint density at radius 2 is 2.22 bits per heavy atom. The molecule has 9 heavy (non-hydrogen) atoms. The zero-order valence-corrected chi connectivity index (χ0v) is 7.18. The van der Waals surface area contributed by atoms with Crippen LogP contribution < -0.4 is 0 Å². The van der Waals surface area contributed by atoms with Crippen molar-refractivity contribution in [1.82, 2.24) is 0 Å². The van der Waals surface area contributed by atoms with Gasteiger partial charge in [-0.25, -0.2) is 0 Å². The molecule has 0 aliphatic carbocycles. The Labute approximate surface area is 60.9 Å². The molecule has 0 saturated carbocycles. The molecule has 0 aromatic carbocycles. The van der Waals surface area contributed by atoms with Crippen LogP contribution in [0.15, 0.2) is 0 Å². The quantitative estimate of drug-likeness (QED) is 0.477. The predicted octanol–water partition coefficient (Wildman–Crippen LogP) is -0.859. The van der Waals surface area contributed by atoms with Gasteiger partial charge in [0.05, 0.1) is 0 Å². The molecule has 0 rings (SSSR count). The van der Waals surface area contributed by atoms with E-state index >= 15 is 0 Å². The molecule has 1 unspecified atom stereocenters. The van der Waals surface area contributed by atoms with Gasteiger partial charge < -0.3 is 0 Å². The van der Waals surface area contributed by atoms with Crippen molar-refractivity contribution in [3.8, 4) is 0 Å². The third-order valence-electron chi connectivity index (χ3n) is 0.535. The third kappa shape index (κ3) is 8.55. The molecule has 0 radical (unpaired) electrons. The van der Waals surface area contributed by atoms with E-state index in [2.05, 4.69) is 4.18 Å². The summed E-state index contributed by atoms with van der Waals surface area (Å²) in [6.45, 7) is 0.0638. The summed E-state index contributed by atoms with van der Waals surface area (Å²) in [6.07, 6.45) is 0.374. The van der Waals surface area contributed by atoms with Gasteiger partial charge in [-0.05, 0) is 0 Å². The van der Waals surface area contributed by atoms with Gasteiger partial charge in [-0.2, -0.15) is 0 Å². The molecular weight excluding hydrogens is 211 g/mol. The second kappa shape index (κ2) is 4.38. The van der Waals surface area contributed by atoms with Gasteiger partial charge in [0.2, 0.25) is 0 Å². The van der Waals surface area contributed by atoms with Gasteiger partial charge in [0.15, 0.2) is 0 Å². The summed E-state index contributed by atoms with van der Waals surface area (Å²) in [6, 6.07) is 0. The number of aliphatic hydroxyl groups excluding tert-OH is 1. The Bertz CT molecular complexity index is 151. The summed E-state index contributed by atoms with van der Waals surface area (Å²) in [5.74, 6) is 0. The van der Waals surface area contributed by atoms with Crippen LogP contribution >= 0.6 is 0 Å². The Morgan fingerprint density at radius 3 is 2.56 bits per heavy atom. The van der Waals surface area contributed by atoms with Crippen LogP contribution in [0.25, 0.3) is 0 Å². The van der Waals surface area contributed by atoms with Gasteiger partial charge in [0.25, 0.3) is 0 Å². The molecule has 6 heteroatoms. The maximum absolute atomic E-state index is 10.3. The second-order valence-corrected chi connectivity index (χ2v) is 5.07. The van der Waals surface area contributed by atoms with Crippen LogP contribution in [-0.2, 0) is 12.6 Å². The van der Waals surface area contributed by atoms with Crippen molar-refractivity contribution in [3.05, 3.63) is 0 Å². The first-order valence-corrected chi connectivity index (χ1v) is 5.75. The topological polar surface area (TPSA) is 66.8 Å². The van der Waals surface area contributed by atoms with Crippen LogP contribution in [0.4, 0.5) is 0 Å². The minimum absolute atomic E-state index is 0.0322. The molecular formula is C3H8O4SSe. The molecule has 56 valence electrons. The summed E-state index contributed by atoms with van der Waals surface area (Å²) in [5, 5.41) is 8.20. The van der Waals surface area contributed by atoms with E-state index in [0.29, 0.717) is 6.42 Å². The standard InChI is InChI=1S/C3H8O4SSe/c4-2-1-3-7-8(5,6)9/h4H,1-3H2,(H,5,6,9). The Kier molecular flexibility index (Phi) is 4.65. The molecule has 0 aromatic heterocycles. The van der Waals surface area contributed by atoms with Crippen molar-refractivity contribution in [2.75, 3.05) is 13.2 Å². The molecule has 0 amide bonds. The summed E-state index contributed by atoms with van der Waals surface area (Å²) < 4.78 is 23.0. The summed E-state index contributed by atoms with van der Waals surface area (Å²) in [7, 11) is -3.18.